The van der Waals surface area contributed by atoms with E-state index in [2.05, 4.69) is 9.80 Å². The van der Waals surface area contributed by atoms with Crippen molar-refractivity contribution in [3.63, 3.8) is 0 Å². The fourth-order valence-corrected chi connectivity index (χ4v) is 13.1. The van der Waals surface area contributed by atoms with E-state index in [9.17, 15) is 19.2 Å². The van der Waals surface area contributed by atoms with E-state index < -0.39 is 24.4 Å². The Morgan fingerprint density at radius 3 is 0.988 bits per heavy atom. The molecular weight excluding hydrogens is 1070 g/mol. The number of amides is 2. The molecule has 2 saturated carbocycles. The second-order valence-corrected chi connectivity index (χ2v) is 23.4. The Labute approximate surface area is 494 Å². The molecule has 0 spiro atoms. The summed E-state index contributed by atoms with van der Waals surface area (Å²) in [4.78, 5) is 66.3. The summed E-state index contributed by atoms with van der Waals surface area (Å²) in [6.45, 7) is 4.22. The maximum atomic E-state index is 14.7. The molecule has 2 amide bonds. The summed E-state index contributed by atoms with van der Waals surface area (Å²) >= 11 is 0. The predicted octanol–water partition coefficient (Wildman–Crippen LogP) is 8.27. The topological polar surface area (TPSA) is 174 Å². The van der Waals surface area contributed by atoms with Crippen LogP contribution < -0.4 is 37.9 Å². The van der Waals surface area contributed by atoms with Gasteiger partial charge in [0.1, 0.15) is 0 Å². The van der Waals surface area contributed by atoms with Crippen molar-refractivity contribution in [1.29, 1.82) is 0 Å². The van der Waals surface area contributed by atoms with Gasteiger partial charge in [-0.05, 0) is 169 Å². The minimum absolute atomic E-state index is 0.0804. The van der Waals surface area contributed by atoms with E-state index in [0.29, 0.717) is 136 Å². The molecule has 0 radical (unpaired) electrons. The highest BCUT2D eigenvalue weighted by atomic mass is 16.6. The highest BCUT2D eigenvalue weighted by molar-refractivity contribution is 5.92. The van der Waals surface area contributed by atoms with Crippen LogP contribution in [0.15, 0.2) is 60.7 Å². The van der Waals surface area contributed by atoms with E-state index in [1.807, 2.05) is 58.3 Å². The number of esters is 2. The Kier molecular flexibility index (Phi) is 19.4. The number of benzene rings is 4. The molecule has 6 aliphatic rings. The normalized spacial score (nSPS) is 18.8. The first kappa shape index (κ1) is 60.0. The largest absolute Gasteiger partial charge is 0.493 e. The van der Waals surface area contributed by atoms with Gasteiger partial charge in [0.2, 0.25) is 11.8 Å². The van der Waals surface area contributed by atoms with Gasteiger partial charge in [0.05, 0.1) is 69.7 Å². The molecule has 2 heterocycles. The molecule has 18 nitrogen and oxygen atoms in total. The molecule has 2 fully saturated rings. The maximum Gasteiger partial charge on any atom is 0.332 e. The van der Waals surface area contributed by atoms with Gasteiger partial charge in [-0.3, -0.25) is 19.4 Å². The molecule has 4 atom stereocenters. The van der Waals surface area contributed by atoms with Crippen LogP contribution in [0.1, 0.15) is 108 Å². The first-order valence-corrected chi connectivity index (χ1v) is 29.9. The predicted molar refractivity (Wildman–Crippen MR) is 315 cm³/mol. The first-order valence-electron chi connectivity index (χ1n) is 29.9. The van der Waals surface area contributed by atoms with E-state index in [-0.39, 0.29) is 36.5 Å². The second kappa shape index (κ2) is 27.2. The molecule has 10 rings (SSSR count). The van der Waals surface area contributed by atoms with Gasteiger partial charge in [0, 0.05) is 76.3 Å². The maximum absolute atomic E-state index is 14.7. The van der Waals surface area contributed by atoms with Gasteiger partial charge in [-0.15, -0.1) is 0 Å². The Morgan fingerprint density at radius 1 is 0.429 bits per heavy atom. The third kappa shape index (κ3) is 13.5. The summed E-state index contributed by atoms with van der Waals surface area (Å²) in [5.74, 6) is 4.24. The third-order valence-electron chi connectivity index (χ3n) is 18.5. The van der Waals surface area contributed by atoms with Crippen LogP contribution in [0.5, 0.6) is 46.0 Å². The monoisotopic (exact) mass is 1160 g/mol. The van der Waals surface area contributed by atoms with E-state index in [1.165, 1.54) is 0 Å². The smallest absolute Gasteiger partial charge is 0.332 e. The average Bonchev–Trinajstić information content (AvgIpc) is 3.72. The fourth-order valence-electron chi connectivity index (χ4n) is 13.1. The number of carbonyl (C=O) groups excluding carboxylic acids is 4. The Bertz CT molecular complexity index is 2790. The first-order chi connectivity index (χ1) is 40.8. The average molecular weight is 1160 g/mol. The summed E-state index contributed by atoms with van der Waals surface area (Å²) in [5, 5.41) is 0. The highest BCUT2D eigenvalue weighted by Crippen LogP contribution is 2.46. The summed E-state index contributed by atoms with van der Waals surface area (Å²) in [6.07, 6.45) is 10.5. The molecule has 4 aromatic rings. The number of methoxy groups -OCH3 is 8. The van der Waals surface area contributed by atoms with Crippen molar-refractivity contribution in [2.75, 3.05) is 109 Å². The van der Waals surface area contributed by atoms with Crippen LogP contribution in [0.2, 0.25) is 0 Å². The minimum atomic E-state index is -0.949. The lowest BCUT2D eigenvalue weighted by atomic mass is 9.76. The van der Waals surface area contributed by atoms with Gasteiger partial charge >= 0.3 is 11.9 Å². The van der Waals surface area contributed by atoms with Crippen LogP contribution >= 0.6 is 0 Å². The molecule has 2 aliphatic heterocycles. The molecule has 0 saturated heterocycles. The van der Waals surface area contributed by atoms with Crippen molar-refractivity contribution in [3.8, 4) is 46.0 Å². The lowest BCUT2D eigenvalue weighted by Gasteiger charge is -2.41. The van der Waals surface area contributed by atoms with Crippen LogP contribution in [-0.4, -0.2) is 165 Å². The summed E-state index contributed by atoms with van der Waals surface area (Å²) in [7, 11) is 13.0. The quantitative estimate of drug-likeness (QED) is 0.0334. The molecule has 452 valence electrons. The fraction of sp³-hybridized carbons (Fsp3) is 0.545. The molecular formula is C66H84N4O14. The van der Waals surface area contributed by atoms with Crippen LogP contribution in [0.4, 0.5) is 0 Å². The molecule has 18 heteroatoms. The van der Waals surface area contributed by atoms with E-state index in [1.54, 1.807) is 56.9 Å². The molecule has 4 aliphatic carbocycles. The number of ether oxygens (including phenoxy) is 10. The zero-order chi connectivity index (χ0) is 59.0. The van der Waals surface area contributed by atoms with E-state index >= 15 is 0 Å². The summed E-state index contributed by atoms with van der Waals surface area (Å²) in [5.41, 5.74) is 8.95. The van der Waals surface area contributed by atoms with Crippen molar-refractivity contribution in [1.82, 2.24) is 19.6 Å². The summed E-state index contributed by atoms with van der Waals surface area (Å²) < 4.78 is 58.0. The van der Waals surface area contributed by atoms with Crippen molar-refractivity contribution in [3.05, 3.63) is 105 Å². The van der Waals surface area contributed by atoms with Gasteiger partial charge < -0.3 is 57.2 Å². The number of carbonyl (C=O) groups is 4. The van der Waals surface area contributed by atoms with Gasteiger partial charge in [0.25, 0.3) is 0 Å². The van der Waals surface area contributed by atoms with Crippen LogP contribution in [0.3, 0.4) is 0 Å². The Hall–Kier alpha value is -7.18. The lowest BCUT2D eigenvalue weighted by Crippen LogP contribution is -2.49. The number of hydrogen-bond donors (Lipinski definition) is 0. The lowest BCUT2D eigenvalue weighted by molar-refractivity contribution is -0.162. The van der Waals surface area contributed by atoms with Gasteiger partial charge in [-0.25, -0.2) is 9.59 Å². The van der Waals surface area contributed by atoms with Gasteiger partial charge in [-0.2, -0.15) is 0 Å². The van der Waals surface area contributed by atoms with E-state index in [4.69, 9.17) is 47.4 Å². The van der Waals surface area contributed by atoms with Gasteiger partial charge in [0.15, 0.2) is 58.5 Å². The van der Waals surface area contributed by atoms with E-state index in [0.717, 1.165) is 108 Å². The molecule has 0 bridgehead atoms. The number of fused-ring (bicyclic) bond motifs is 4. The minimum Gasteiger partial charge on any atom is -0.493 e. The zero-order valence-electron chi connectivity index (χ0n) is 50.3. The van der Waals surface area contributed by atoms with Crippen LogP contribution in [0, 0.1) is 11.8 Å². The van der Waals surface area contributed by atoms with Gasteiger partial charge in [-0.1, -0.05) is 12.8 Å². The highest BCUT2D eigenvalue weighted by Gasteiger charge is 2.39. The number of hydrogen-bond acceptors (Lipinski definition) is 16. The standard InChI is InChI=1S/C66H84N4O14/c1-75-53-27-43-17-21-67(22-18-44(43)28-54(53)76-2)61(71)35-63(69(37-41-11-9-12-41)39-49-25-47-31-57(79-5)59(81-7)33-51(47)49)83-65(73)15-16-66(74)84-64(36-62(72)68-23-19-45-29-55(77-3)56(78-4)30-46(45)20-24-68)70(38-42-13-10-14-42)40-50-26-48-32-58(80-6)60(82-8)34-52(48)50/h15-16,27-34,41-42,49-50,63-64H,9-14,17-26,35-40H2,1-8H3/b16-15+/t49-,50-,63?,64?/m1/s1. The second-order valence-electron chi connectivity index (χ2n) is 23.4. The third-order valence-corrected chi connectivity index (χ3v) is 18.5. The number of rotatable bonds is 26. The Balaban J connectivity index is 0.896. The Morgan fingerprint density at radius 2 is 0.714 bits per heavy atom. The molecule has 2 unspecified atom stereocenters. The van der Waals surface area contributed by atoms with Crippen LogP contribution in [0.25, 0.3) is 0 Å². The molecule has 84 heavy (non-hydrogen) atoms. The van der Waals surface area contributed by atoms with Crippen molar-refractivity contribution >= 4 is 23.8 Å². The number of nitrogens with zero attached hydrogens (tertiary/aromatic N) is 4. The molecule has 4 aromatic carbocycles. The molecule has 0 aromatic heterocycles. The summed E-state index contributed by atoms with van der Waals surface area (Å²) in [6, 6.07) is 16.1. The molecule has 0 N–H and O–H groups in total. The van der Waals surface area contributed by atoms with Crippen molar-refractivity contribution in [2.45, 2.75) is 114 Å². The van der Waals surface area contributed by atoms with Crippen molar-refractivity contribution < 1.29 is 66.5 Å². The zero-order valence-corrected chi connectivity index (χ0v) is 50.3. The SMILES string of the molecule is COc1cc2c(cc1OC)CCN(C(=O)CC(OC(=O)/C=C/C(=O)OC(CC(=O)N1CCc3cc(OC)c(OC)cc3CC1)N(CC1CCC1)C[C@H]1Cc3cc(OC)c(OC)cc31)N(CC1CCC1)C[C@H]1Cc3cc(OC)c(OC)cc31)CC2. The van der Waals surface area contributed by atoms with Crippen LogP contribution in [-0.2, 0) is 67.2 Å². The van der Waals surface area contributed by atoms with Crippen molar-refractivity contribution in [2.24, 2.45) is 11.8 Å².